The number of nitrogens with one attached hydrogen (secondary N) is 1. The van der Waals surface area contributed by atoms with Gasteiger partial charge >= 0.3 is 0 Å². The lowest BCUT2D eigenvalue weighted by atomic mass is 9.76. The molecule has 2 aromatic carbocycles. The average molecular weight is 385 g/mol. The zero-order valence-electron chi connectivity index (χ0n) is 17.5. The molecule has 1 N–H and O–H groups in total. The number of aliphatic imine (C=N–C) groups is 1. The Bertz CT molecular complexity index is 899. The van der Waals surface area contributed by atoms with Crippen molar-refractivity contribution in [1.29, 1.82) is 0 Å². The van der Waals surface area contributed by atoms with Crippen molar-refractivity contribution in [2.75, 3.05) is 5.32 Å². The van der Waals surface area contributed by atoms with Crippen molar-refractivity contribution < 1.29 is 0 Å². The standard InChI is InChI=1S/C27H32N2/c1-20-8-17-26(28-2)27(18-20)29-19-21-9-11-23(12-10-21)25-15-13-24(14-16-25)22-6-4-3-5-7-22/h8-13,15-18,22,24,29H,2-7,14,19H2,1H3. The molecule has 0 radical (unpaired) electrons. The second-order valence-corrected chi connectivity index (χ2v) is 8.55. The highest BCUT2D eigenvalue weighted by molar-refractivity contribution is 5.75. The molecule has 2 aliphatic carbocycles. The van der Waals surface area contributed by atoms with Gasteiger partial charge in [-0.2, -0.15) is 0 Å². The van der Waals surface area contributed by atoms with E-state index in [0.29, 0.717) is 0 Å². The first-order chi connectivity index (χ1) is 14.2. The van der Waals surface area contributed by atoms with E-state index in [9.17, 15) is 0 Å². The van der Waals surface area contributed by atoms with E-state index in [1.807, 2.05) is 6.07 Å². The van der Waals surface area contributed by atoms with Crippen molar-refractivity contribution >= 4 is 23.7 Å². The van der Waals surface area contributed by atoms with E-state index >= 15 is 0 Å². The van der Waals surface area contributed by atoms with Gasteiger partial charge in [0.15, 0.2) is 0 Å². The Morgan fingerprint density at radius 1 is 1.03 bits per heavy atom. The lowest BCUT2D eigenvalue weighted by Crippen LogP contribution is -2.17. The van der Waals surface area contributed by atoms with E-state index in [0.717, 1.165) is 29.8 Å². The molecule has 1 unspecified atom stereocenters. The molecule has 2 aliphatic rings. The van der Waals surface area contributed by atoms with Crippen molar-refractivity contribution in [1.82, 2.24) is 0 Å². The van der Waals surface area contributed by atoms with Crippen LogP contribution in [0.5, 0.6) is 0 Å². The van der Waals surface area contributed by atoms with Gasteiger partial charge in [0.1, 0.15) is 0 Å². The van der Waals surface area contributed by atoms with Crippen LogP contribution in [-0.2, 0) is 6.54 Å². The van der Waals surface area contributed by atoms with E-state index in [-0.39, 0.29) is 0 Å². The van der Waals surface area contributed by atoms with Crippen molar-refractivity contribution in [2.24, 2.45) is 16.8 Å². The van der Waals surface area contributed by atoms with Gasteiger partial charge in [-0.15, -0.1) is 0 Å². The van der Waals surface area contributed by atoms with Gasteiger partial charge in [-0.05, 0) is 79.1 Å². The molecule has 2 heteroatoms. The molecule has 2 nitrogen and oxygen atoms in total. The molecule has 2 aromatic rings. The third-order valence-corrected chi connectivity index (χ3v) is 6.48. The minimum atomic E-state index is 0.754. The van der Waals surface area contributed by atoms with Crippen LogP contribution in [-0.4, -0.2) is 6.72 Å². The fraction of sp³-hybridized carbons (Fsp3) is 0.370. The summed E-state index contributed by atoms with van der Waals surface area (Å²) in [5.74, 6) is 1.66. The van der Waals surface area contributed by atoms with E-state index in [1.54, 1.807) is 0 Å². The maximum Gasteiger partial charge on any atom is 0.0853 e. The van der Waals surface area contributed by atoms with E-state index in [1.165, 1.54) is 60.8 Å². The number of anilines is 1. The summed E-state index contributed by atoms with van der Waals surface area (Å²) in [6.07, 6.45) is 15.6. The molecule has 0 aromatic heterocycles. The van der Waals surface area contributed by atoms with Crippen molar-refractivity contribution in [3.8, 4) is 0 Å². The Kier molecular flexibility index (Phi) is 6.29. The fourth-order valence-electron chi connectivity index (χ4n) is 4.70. The zero-order valence-corrected chi connectivity index (χ0v) is 17.5. The van der Waals surface area contributed by atoms with Gasteiger partial charge in [-0.3, -0.25) is 4.99 Å². The van der Waals surface area contributed by atoms with Crippen molar-refractivity contribution in [2.45, 2.75) is 52.0 Å². The van der Waals surface area contributed by atoms with Gasteiger partial charge in [0.05, 0.1) is 11.4 Å². The molecule has 1 fully saturated rings. The normalized spacial score (nSPS) is 19.6. The van der Waals surface area contributed by atoms with Crippen LogP contribution in [0.1, 0.15) is 55.2 Å². The van der Waals surface area contributed by atoms with Crippen LogP contribution in [0.4, 0.5) is 11.4 Å². The predicted octanol–water partition coefficient (Wildman–Crippen LogP) is 7.48. The first kappa shape index (κ1) is 19.7. The lowest BCUT2D eigenvalue weighted by molar-refractivity contribution is 0.286. The second kappa shape index (κ2) is 9.26. The minimum absolute atomic E-state index is 0.754. The second-order valence-electron chi connectivity index (χ2n) is 8.55. The smallest absolute Gasteiger partial charge is 0.0853 e. The summed E-state index contributed by atoms with van der Waals surface area (Å²) >= 11 is 0. The van der Waals surface area contributed by atoms with Crippen LogP contribution < -0.4 is 5.32 Å². The number of aryl methyl sites for hydroxylation is 1. The van der Waals surface area contributed by atoms with E-state index < -0.39 is 0 Å². The highest BCUT2D eigenvalue weighted by Crippen LogP contribution is 2.36. The summed E-state index contributed by atoms with van der Waals surface area (Å²) in [5.41, 5.74) is 7.11. The van der Waals surface area contributed by atoms with E-state index in [2.05, 4.69) is 78.6 Å². The molecule has 0 spiro atoms. The fourth-order valence-corrected chi connectivity index (χ4v) is 4.70. The van der Waals surface area contributed by atoms with Gasteiger partial charge in [0, 0.05) is 6.54 Å². The number of rotatable bonds is 6. The highest BCUT2D eigenvalue weighted by atomic mass is 14.9. The summed E-state index contributed by atoms with van der Waals surface area (Å²) in [6.45, 7) is 6.55. The summed E-state index contributed by atoms with van der Waals surface area (Å²) < 4.78 is 0. The van der Waals surface area contributed by atoms with Crippen molar-refractivity contribution in [3.63, 3.8) is 0 Å². The largest absolute Gasteiger partial charge is 0.379 e. The maximum atomic E-state index is 4.11. The summed E-state index contributed by atoms with van der Waals surface area (Å²) in [6, 6.07) is 15.1. The number of hydrogen-bond acceptors (Lipinski definition) is 2. The topological polar surface area (TPSA) is 24.4 Å². The minimum Gasteiger partial charge on any atom is -0.379 e. The SMILES string of the molecule is C=Nc1ccc(C)cc1NCc1ccc(C2=CCC(C3CCCCC3)C=C2)cc1. The Morgan fingerprint density at radius 2 is 1.83 bits per heavy atom. The Balaban J connectivity index is 1.36. The molecule has 0 saturated heterocycles. The molecule has 29 heavy (non-hydrogen) atoms. The molecule has 1 saturated carbocycles. The number of hydrogen-bond donors (Lipinski definition) is 1. The van der Waals surface area contributed by atoms with Gasteiger partial charge < -0.3 is 5.32 Å². The Morgan fingerprint density at radius 3 is 2.52 bits per heavy atom. The van der Waals surface area contributed by atoms with Gasteiger partial charge in [0.25, 0.3) is 0 Å². The van der Waals surface area contributed by atoms with Crippen LogP contribution in [0, 0.1) is 18.8 Å². The molecular weight excluding hydrogens is 352 g/mol. The third-order valence-electron chi connectivity index (χ3n) is 6.48. The van der Waals surface area contributed by atoms with Gasteiger partial charge in [-0.25, -0.2) is 0 Å². The summed E-state index contributed by atoms with van der Waals surface area (Å²) in [5, 5.41) is 3.50. The monoisotopic (exact) mass is 384 g/mol. The molecule has 1 atom stereocenters. The Hall–Kier alpha value is -2.61. The molecule has 0 amide bonds. The van der Waals surface area contributed by atoms with E-state index in [4.69, 9.17) is 0 Å². The highest BCUT2D eigenvalue weighted by Gasteiger charge is 2.22. The summed E-state index contributed by atoms with van der Waals surface area (Å²) in [7, 11) is 0. The van der Waals surface area contributed by atoms with Crippen LogP contribution in [0.2, 0.25) is 0 Å². The van der Waals surface area contributed by atoms with Crippen LogP contribution in [0.3, 0.4) is 0 Å². The van der Waals surface area contributed by atoms with Crippen LogP contribution in [0.15, 0.2) is 65.7 Å². The molecule has 4 rings (SSSR count). The molecule has 150 valence electrons. The first-order valence-corrected chi connectivity index (χ1v) is 11.0. The molecule has 0 aliphatic heterocycles. The molecular formula is C27H32N2. The number of nitrogens with zero attached hydrogens (tertiary/aromatic N) is 1. The number of benzene rings is 2. The van der Waals surface area contributed by atoms with Crippen molar-refractivity contribution in [3.05, 3.63) is 77.4 Å². The first-order valence-electron chi connectivity index (χ1n) is 11.0. The molecule has 0 bridgehead atoms. The Labute approximate surface area is 175 Å². The maximum absolute atomic E-state index is 4.11. The summed E-state index contributed by atoms with van der Waals surface area (Å²) in [4.78, 5) is 4.11. The van der Waals surface area contributed by atoms with Crippen LogP contribution >= 0.6 is 0 Å². The number of allylic oxidation sites excluding steroid dienone is 4. The molecule has 0 heterocycles. The van der Waals surface area contributed by atoms with Gasteiger partial charge in [-0.1, -0.05) is 67.8 Å². The quantitative estimate of drug-likeness (QED) is 0.513. The predicted molar refractivity (Wildman–Crippen MR) is 126 cm³/mol. The zero-order chi connectivity index (χ0) is 20.1. The van der Waals surface area contributed by atoms with Gasteiger partial charge in [0.2, 0.25) is 0 Å². The lowest BCUT2D eigenvalue weighted by Gasteiger charge is -2.29. The average Bonchev–Trinajstić information content (AvgIpc) is 2.79. The van der Waals surface area contributed by atoms with Crippen LogP contribution in [0.25, 0.3) is 5.57 Å². The third kappa shape index (κ3) is 4.87.